The minimum atomic E-state index is 0.641. The minimum absolute atomic E-state index is 0.641. The van der Waals surface area contributed by atoms with E-state index in [1.165, 1.54) is 0 Å². The fraction of sp³-hybridized carbons (Fsp3) is 0.167. The molecule has 0 spiro atoms. The van der Waals surface area contributed by atoms with Crippen molar-refractivity contribution in [3.05, 3.63) is 47.0 Å². The Morgan fingerprint density at radius 2 is 1.88 bits per heavy atom. The molecular formula is C12H14N2O2. The van der Waals surface area contributed by atoms with Crippen molar-refractivity contribution in [3.63, 3.8) is 0 Å². The molecule has 0 aliphatic carbocycles. The van der Waals surface area contributed by atoms with Crippen molar-refractivity contribution in [1.82, 2.24) is 9.97 Å². The first-order chi connectivity index (χ1) is 7.67. The summed E-state index contributed by atoms with van der Waals surface area (Å²) in [5, 5.41) is 0. The van der Waals surface area contributed by atoms with Gasteiger partial charge in [-0.05, 0) is 37.1 Å². The van der Waals surface area contributed by atoms with Gasteiger partial charge >= 0.3 is 0 Å². The largest absolute Gasteiger partial charge is 0.359 e. The Morgan fingerprint density at radius 1 is 1.12 bits per heavy atom. The van der Waals surface area contributed by atoms with Crippen LogP contribution in [0.2, 0.25) is 0 Å². The number of aldehydes is 2. The number of nitrogens with one attached hydrogen (secondary N) is 2. The van der Waals surface area contributed by atoms with E-state index in [9.17, 15) is 9.59 Å². The Labute approximate surface area is 93.7 Å². The molecule has 0 radical (unpaired) electrons. The van der Waals surface area contributed by atoms with Crippen LogP contribution < -0.4 is 0 Å². The number of aromatic amines is 2. The SMILES string of the molecule is Cc1c[nH]c(C=O)c1.Cc1cc[nH]c1C=O. The molecule has 0 saturated carbocycles. The molecule has 4 nitrogen and oxygen atoms in total. The Hall–Kier alpha value is -2.10. The van der Waals surface area contributed by atoms with Gasteiger partial charge in [-0.3, -0.25) is 9.59 Å². The van der Waals surface area contributed by atoms with Gasteiger partial charge in [-0.25, -0.2) is 0 Å². The Balaban J connectivity index is 0.000000160. The predicted molar refractivity (Wildman–Crippen MR) is 61.8 cm³/mol. The van der Waals surface area contributed by atoms with Crippen molar-refractivity contribution in [3.8, 4) is 0 Å². The normalized spacial score (nSPS) is 9.12. The summed E-state index contributed by atoms with van der Waals surface area (Å²) in [6.45, 7) is 3.82. The van der Waals surface area contributed by atoms with Gasteiger partial charge < -0.3 is 9.97 Å². The molecule has 0 unspecified atom stereocenters. The van der Waals surface area contributed by atoms with Gasteiger partial charge in [0.15, 0.2) is 12.6 Å². The Kier molecular flexibility index (Phi) is 4.27. The van der Waals surface area contributed by atoms with E-state index in [2.05, 4.69) is 9.97 Å². The third kappa shape index (κ3) is 3.24. The molecule has 2 N–H and O–H groups in total. The number of carbonyl (C=O) groups is 2. The number of carbonyl (C=O) groups excluding carboxylic acids is 2. The van der Waals surface area contributed by atoms with E-state index in [4.69, 9.17) is 0 Å². The maximum absolute atomic E-state index is 10.1. The van der Waals surface area contributed by atoms with Gasteiger partial charge in [0.25, 0.3) is 0 Å². The van der Waals surface area contributed by atoms with Gasteiger partial charge in [-0.2, -0.15) is 0 Å². The van der Waals surface area contributed by atoms with Crippen LogP contribution in [0.25, 0.3) is 0 Å². The van der Waals surface area contributed by atoms with Crippen LogP contribution in [-0.2, 0) is 0 Å². The second kappa shape index (κ2) is 5.70. The summed E-state index contributed by atoms with van der Waals surface area (Å²) < 4.78 is 0. The topological polar surface area (TPSA) is 65.7 Å². The highest BCUT2D eigenvalue weighted by Gasteiger charge is 1.92. The molecule has 2 heterocycles. The standard InChI is InChI=1S/2C6H7NO/c1-5-2-6(4-8)7-3-5;1-5-2-3-7-6(5)4-8/h2*2-4,7H,1H3. The van der Waals surface area contributed by atoms with Gasteiger partial charge in [0.2, 0.25) is 0 Å². The number of hydrogen-bond acceptors (Lipinski definition) is 2. The molecule has 84 valence electrons. The first kappa shape index (κ1) is 12.0. The summed E-state index contributed by atoms with van der Waals surface area (Å²) in [5.41, 5.74) is 3.40. The first-order valence-electron chi connectivity index (χ1n) is 4.86. The second-order valence-corrected chi connectivity index (χ2v) is 3.44. The molecule has 0 saturated heterocycles. The van der Waals surface area contributed by atoms with Crippen LogP contribution >= 0.6 is 0 Å². The van der Waals surface area contributed by atoms with E-state index in [0.717, 1.165) is 23.7 Å². The van der Waals surface area contributed by atoms with Gasteiger partial charge in [0, 0.05) is 12.4 Å². The zero-order chi connectivity index (χ0) is 12.0. The monoisotopic (exact) mass is 218 g/mol. The van der Waals surface area contributed by atoms with Gasteiger partial charge in [-0.1, -0.05) is 0 Å². The van der Waals surface area contributed by atoms with Crippen LogP contribution in [0.5, 0.6) is 0 Å². The number of rotatable bonds is 2. The third-order valence-corrected chi connectivity index (χ3v) is 2.09. The van der Waals surface area contributed by atoms with Crippen LogP contribution in [0.15, 0.2) is 24.5 Å². The molecule has 0 bridgehead atoms. The van der Waals surface area contributed by atoms with Crippen LogP contribution in [0, 0.1) is 13.8 Å². The summed E-state index contributed by atoms with van der Waals surface area (Å²) in [4.78, 5) is 25.6. The minimum Gasteiger partial charge on any atom is -0.359 e. The molecule has 0 aliphatic heterocycles. The highest BCUT2D eigenvalue weighted by atomic mass is 16.1. The maximum Gasteiger partial charge on any atom is 0.166 e. The highest BCUT2D eigenvalue weighted by molar-refractivity contribution is 5.74. The van der Waals surface area contributed by atoms with Crippen molar-refractivity contribution in [2.75, 3.05) is 0 Å². The zero-order valence-corrected chi connectivity index (χ0v) is 9.28. The lowest BCUT2D eigenvalue weighted by Crippen LogP contribution is -1.79. The van der Waals surface area contributed by atoms with Crippen LogP contribution in [-0.4, -0.2) is 22.5 Å². The van der Waals surface area contributed by atoms with E-state index in [1.807, 2.05) is 19.9 Å². The summed E-state index contributed by atoms with van der Waals surface area (Å²) in [5.74, 6) is 0. The molecule has 0 fully saturated rings. The predicted octanol–water partition coefficient (Wildman–Crippen LogP) is 2.27. The summed E-state index contributed by atoms with van der Waals surface area (Å²) in [6, 6.07) is 3.66. The third-order valence-electron chi connectivity index (χ3n) is 2.09. The fourth-order valence-corrected chi connectivity index (χ4v) is 1.18. The second-order valence-electron chi connectivity index (χ2n) is 3.44. The summed E-state index contributed by atoms with van der Waals surface area (Å²) >= 11 is 0. The molecule has 2 aromatic heterocycles. The van der Waals surface area contributed by atoms with Crippen molar-refractivity contribution >= 4 is 12.6 Å². The number of H-pyrrole nitrogens is 2. The van der Waals surface area contributed by atoms with Crippen LogP contribution in [0.4, 0.5) is 0 Å². The van der Waals surface area contributed by atoms with Crippen molar-refractivity contribution in [1.29, 1.82) is 0 Å². The summed E-state index contributed by atoms with van der Waals surface area (Å²) in [7, 11) is 0. The van der Waals surface area contributed by atoms with E-state index in [1.54, 1.807) is 18.5 Å². The van der Waals surface area contributed by atoms with Crippen molar-refractivity contribution in [2.24, 2.45) is 0 Å². The average molecular weight is 218 g/mol. The van der Waals surface area contributed by atoms with E-state index in [-0.39, 0.29) is 0 Å². The maximum atomic E-state index is 10.1. The fourth-order valence-electron chi connectivity index (χ4n) is 1.18. The number of hydrogen-bond donors (Lipinski definition) is 2. The number of aryl methyl sites for hydroxylation is 2. The average Bonchev–Trinajstić information content (AvgIpc) is 2.87. The Morgan fingerprint density at radius 3 is 2.12 bits per heavy atom. The van der Waals surface area contributed by atoms with Gasteiger partial charge in [0.05, 0.1) is 11.4 Å². The van der Waals surface area contributed by atoms with Gasteiger partial charge in [-0.15, -0.1) is 0 Å². The van der Waals surface area contributed by atoms with E-state index in [0.29, 0.717) is 11.4 Å². The quantitative estimate of drug-likeness (QED) is 0.759. The van der Waals surface area contributed by atoms with Crippen LogP contribution in [0.1, 0.15) is 32.1 Å². The van der Waals surface area contributed by atoms with Crippen molar-refractivity contribution < 1.29 is 9.59 Å². The van der Waals surface area contributed by atoms with Gasteiger partial charge in [0.1, 0.15) is 0 Å². The lowest BCUT2D eigenvalue weighted by Gasteiger charge is -1.80. The molecule has 4 heteroatoms. The molecule has 0 aromatic carbocycles. The van der Waals surface area contributed by atoms with E-state index >= 15 is 0 Å². The smallest absolute Gasteiger partial charge is 0.166 e. The molecule has 0 atom stereocenters. The number of aromatic nitrogens is 2. The molecule has 0 aliphatic rings. The lowest BCUT2D eigenvalue weighted by atomic mass is 10.3. The highest BCUT2D eigenvalue weighted by Crippen LogP contribution is 1.99. The first-order valence-corrected chi connectivity index (χ1v) is 4.86. The molecule has 16 heavy (non-hydrogen) atoms. The lowest BCUT2D eigenvalue weighted by molar-refractivity contribution is 0.111. The molecule has 2 rings (SSSR count). The molecule has 2 aromatic rings. The zero-order valence-electron chi connectivity index (χ0n) is 9.28. The van der Waals surface area contributed by atoms with E-state index < -0.39 is 0 Å². The Bertz CT molecular complexity index is 469. The van der Waals surface area contributed by atoms with Crippen LogP contribution in [0.3, 0.4) is 0 Å². The summed E-state index contributed by atoms with van der Waals surface area (Å²) in [6.07, 6.45) is 5.16. The van der Waals surface area contributed by atoms with Crippen molar-refractivity contribution in [2.45, 2.75) is 13.8 Å². The molecule has 0 amide bonds. The molecular weight excluding hydrogens is 204 g/mol.